The predicted octanol–water partition coefficient (Wildman–Crippen LogP) is 6.12. The van der Waals surface area contributed by atoms with Crippen molar-refractivity contribution in [3.8, 4) is 5.75 Å². The van der Waals surface area contributed by atoms with E-state index in [0.29, 0.717) is 47.5 Å². The molecule has 2 fully saturated rings. The largest absolute Gasteiger partial charge is 0.495 e. The van der Waals surface area contributed by atoms with Crippen LogP contribution in [0.15, 0.2) is 53.9 Å². The molecule has 2 atom stereocenters. The van der Waals surface area contributed by atoms with E-state index in [2.05, 4.69) is 11.5 Å². The standard InChI is InChI=1S/C29H38ClFN2O4/c1-7-15-33(24-14-13-21(28(35)37-6)16-25(24)36-5)27(34)22-18-32(17-20-11-12-20)29(3,4)26(22)23(31)10-8-9-19(2)30/h8-10,13-14,16,20,22,26H,2,7,11-12,15,17-18H2,1,3-6H3/b9-8-,23-10-/t22-,26?/m1/s1. The van der Waals surface area contributed by atoms with E-state index in [0.717, 1.165) is 6.54 Å². The van der Waals surface area contributed by atoms with Gasteiger partial charge in [0.2, 0.25) is 5.91 Å². The molecule has 1 unspecified atom stereocenters. The number of rotatable bonds is 11. The van der Waals surface area contributed by atoms with Gasteiger partial charge in [0.25, 0.3) is 0 Å². The van der Waals surface area contributed by atoms with Gasteiger partial charge in [-0.05, 0) is 69.4 Å². The first-order valence-corrected chi connectivity index (χ1v) is 13.1. The number of halogens is 2. The lowest BCUT2D eigenvalue weighted by Crippen LogP contribution is -2.44. The van der Waals surface area contributed by atoms with Crippen LogP contribution in [0.2, 0.25) is 0 Å². The van der Waals surface area contributed by atoms with Crippen LogP contribution in [0.1, 0.15) is 50.4 Å². The van der Waals surface area contributed by atoms with E-state index in [1.54, 1.807) is 23.1 Å². The average molecular weight is 533 g/mol. The Morgan fingerprint density at radius 2 is 2.00 bits per heavy atom. The molecule has 2 aliphatic rings. The average Bonchev–Trinajstić information content (AvgIpc) is 3.64. The highest BCUT2D eigenvalue weighted by Gasteiger charge is 2.54. The van der Waals surface area contributed by atoms with Gasteiger partial charge in [0, 0.05) is 36.1 Å². The number of carbonyl (C=O) groups excluding carboxylic acids is 2. The third-order valence-corrected chi connectivity index (χ3v) is 7.45. The first-order valence-electron chi connectivity index (χ1n) is 12.8. The molecule has 1 aliphatic carbocycles. The summed E-state index contributed by atoms with van der Waals surface area (Å²) in [5, 5.41) is 0.300. The summed E-state index contributed by atoms with van der Waals surface area (Å²) in [6.07, 6.45) is 7.47. The maximum Gasteiger partial charge on any atom is 0.337 e. The van der Waals surface area contributed by atoms with Crippen LogP contribution in [0.3, 0.4) is 0 Å². The van der Waals surface area contributed by atoms with Gasteiger partial charge in [-0.25, -0.2) is 9.18 Å². The molecule has 1 aromatic rings. The fourth-order valence-electron chi connectivity index (χ4n) is 5.21. The van der Waals surface area contributed by atoms with Gasteiger partial charge in [0.05, 0.1) is 31.4 Å². The molecule has 0 bridgehead atoms. The van der Waals surface area contributed by atoms with Crippen molar-refractivity contribution in [3.63, 3.8) is 0 Å². The molecule has 8 heteroatoms. The molecule has 6 nitrogen and oxygen atoms in total. The fraction of sp³-hybridized carbons (Fsp3) is 0.517. The fourth-order valence-corrected chi connectivity index (χ4v) is 5.28. The summed E-state index contributed by atoms with van der Waals surface area (Å²) in [4.78, 5) is 30.2. The summed E-state index contributed by atoms with van der Waals surface area (Å²) in [6, 6.07) is 4.87. The van der Waals surface area contributed by atoms with Crippen LogP contribution in [-0.4, -0.2) is 56.2 Å². The van der Waals surface area contributed by atoms with Crippen molar-refractivity contribution in [3.05, 3.63) is 59.4 Å². The summed E-state index contributed by atoms with van der Waals surface area (Å²) in [5.74, 6) is -1.30. The quantitative estimate of drug-likeness (QED) is 0.254. The number of carbonyl (C=O) groups is 2. The number of allylic oxidation sites excluding steroid dienone is 4. The Balaban J connectivity index is 2.02. The van der Waals surface area contributed by atoms with Gasteiger partial charge in [-0.2, -0.15) is 0 Å². The van der Waals surface area contributed by atoms with Gasteiger partial charge in [0.1, 0.15) is 11.6 Å². The van der Waals surface area contributed by atoms with Crippen LogP contribution in [0.25, 0.3) is 0 Å². The number of esters is 1. The van der Waals surface area contributed by atoms with Gasteiger partial charge < -0.3 is 14.4 Å². The third-order valence-electron chi connectivity index (χ3n) is 7.32. The number of nitrogens with zero attached hydrogens (tertiary/aromatic N) is 2. The zero-order chi connectivity index (χ0) is 27.3. The minimum absolute atomic E-state index is 0.170. The third kappa shape index (κ3) is 6.63. The predicted molar refractivity (Wildman–Crippen MR) is 146 cm³/mol. The van der Waals surface area contributed by atoms with Crippen LogP contribution in [-0.2, 0) is 9.53 Å². The summed E-state index contributed by atoms with van der Waals surface area (Å²) < 4.78 is 26.2. The Hall–Kier alpha value is -2.64. The molecule has 1 saturated heterocycles. The normalized spacial score (nSPS) is 21.8. The summed E-state index contributed by atoms with van der Waals surface area (Å²) >= 11 is 5.81. The molecule has 0 spiro atoms. The molecule has 1 saturated carbocycles. The summed E-state index contributed by atoms with van der Waals surface area (Å²) in [6.45, 7) is 11.4. The highest BCUT2D eigenvalue weighted by Crippen LogP contribution is 2.47. The van der Waals surface area contributed by atoms with Crippen LogP contribution in [0.5, 0.6) is 5.75 Å². The lowest BCUT2D eigenvalue weighted by Gasteiger charge is -2.36. The molecule has 1 aliphatic heterocycles. The minimum atomic E-state index is -0.647. The number of methoxy groups -OCH3 is 2. The van der Waals surface area contributed by atoms with Gasteiger partial charge >= 0.3 is 5.97 Å². The van der Waals surface area contributed by atoms with Crippen LogP contribution < -0.4 is 9.64 Å². The highest BCUT2D eigenvalue weighted by atomic mass is 35.5. The molecule has 37 heavy (non-hydrogen) atoms. The molecule has 0 radical (unpaired) electrons. The van der Waals surface area contributed by atoms with E-state index in [1.807, 2.05) is 20.8 Å². The van der Waals surface area contributed by atoms with Crippen molar-refractivity contribution in [2.75, 3.05) is 38.8 Å². The second-order valence-electron chi connectivity index (χ2n) is 10.3. The molecular weight excluding hydrogens is 495 g/mol. The summed E-state index contributed by atoms with van der Waals surface area (Å²) in [7, 11) is 2.80. The Morgan fingerprint density at radius 1 is 1.30 bits per heavy atom. The first kappa shape index (κ1) is 28.9. The number of hydrogen-bond acceptors (Lipinski definition) is 5. The second kappa shape index (κ2) is 12.3. The summed E-state index contributed by atoms with van der Waals surface area (Å²) in [5.41, 5.74) is 0.303. The molecule has 1 amide bonds. The number of hydrogen-bond donors (Lipinski definition) is 0. The zero-order valence-corrected chi connectivity index (χ0v) is 23.2. The van der Waals surface area contributed by atoms with Crippen molar-refractivity contribution in [2.24, 2.45) is 17.8 Å². The number of anilines is 1. The minimum Gasteiger partial charge on any atom is -0.495 e. The van der Waals surface area contributed by atoms with E-state index in [1.165, 1.54) is 45.3 Å². The van der Waals surface area contributed by atoms with Crippen molar-refractivity contribution < 1.29 is 23.5 Å². The lowest BCUT2D eigenvalue weighted by atomic mass is 9.80. The molecule has 1 aromatic carbocycles. The van der Waals surface area contributed by atoms with Gasteiger partial charge in [-0.15, -0.1) is 0 Å². The van der Waals surface area contributed by atoms with Gasteiger partial charge in [0.15, 0.2) is 0 Å². The Morgan fingerprint density at radius 3 is 2.57 bits per heavy atom. The van der Waals surface area contributed by atoms with E-state index in [9.17, 15) is 9.59 Å². The molecule has 0 N–H and O–H groups in total. The van der Waals surface area contributed by atoms with E-state index >= 15 is 4.39 Å². The number of likely N-dealkylation sites (tertiary alicyclic amines) is 1. The second-order valence-corrected chi connectivity index (χ2v) is 10.8. The van der Waals surface area contributed by atoms with Crippen molar-refractivity contribution in [2.45, 2.75) is 45.6 Å². The van der Waals surface area contributed by atoms with Gasteiger partial charge in [-0.1, -0.05) is 31.2 Å². The molecule has 3 rings (SSSR count). The highest BCUT2D eigenvalue weighted by molar-refractivity contribution is 6.30. The van der Waals surface area contributed by atoms with E-state index < -0.39 is 23.3 Å². The van der Waals surface area contributed by atoms with Crippen LogP contribution >= 0.6 is 11.6 Å². The first-order chi connectivity index (χ1) is 17.5. The van der Waals surface area contributed by atoms with E-state index in [4.69, 9.17) is 21.1 Å². The maximum atomic E-state index is 15.8. The maximum absolute atomic E-state index is 15.8. The van der Waals surface area contributed by atoms with Crippen LogP contribution in [0, 0.1) is 17.8 Å². The van der Waals surface area contributed by atoms with Crippen molar-refractivity contribution in [1.82, 2.24) is 4.90 Å². The Labute approximate surface area is 224 Å². The number of ether oxygens (including phenoxy) is 2. The molecule has 1 heterocycles. The SMILES string of the molecule is C=C(Cl)/C=C\C=C(/F)C1[C@H](C(=O)N(CCC)c2ccc(C(=O)OC)cc2OC)CN(CC2CC2)C1(C)C. The molecular formula is C29H38ClFN2O4. The Bertz CT molecular complexity index is 1080. The molecule has 0 aromatic heterocycles. The topological polar surface area (TPSA) is 59.1 Å². The van der Waals surface area contributed by atoms with Crippen LogP contribution in [0.4, 0.5) is 10.1 Å². The number of amides is 1. The van der Waals surface area contributed by atoms with Crippen molar-refractivity contribution >= 4 is 29.2 Å². The smallest absolute Gasteiger partial charge is 0.337 e. The number of benzene rings is 1. The zero-order valence-electron chi connectivity index (χ0n) is 22.4. The molecule has 202 valence electrons. The monoisotopic (exact) mass is 532 g/mol. The van der Waals surface area contributed by atoms with E-state index in [-0.39, 0.29) is 11.7 Å². The lowest BCUT2D eigenvalue weighted by molar-refractivity contribution is -0.123. The van der Waals surface area contributed by atoms with Crippen molar-refractivity contribution in [1.29, 1.82) is 0 Å². The Kier molecular flexibility index (Phi) is 9.59. The van der Waals surface area contributed by atoms with Gasteiger partial charge in [-0.3, -0.25) is 9.69 Å².